The Morgan fingerprint density at radius 3 is 2.36 bits per heavy atom. The van der Waals surface area contributed by atoms with E-state index in [1.54, 1.807) is 43.3 Å². The number of ether oxygens (including phenoxy) is 1. The molecule has 1 amide bonds. The van der Waals surface area contributed by atoms with Gasteiger partial charge >= 0.3 is 5.97 Å². The molecule has 0 aliphatic heterocycles. The molecule has 0 fully saturated rings. The van der Waals surface area contributed by atoms with Crippen LogP contribution in [0.15, 0.2) is 77.7 Å². The van der Waals surface area contributed by atoms with Gasteiger partial charge in [-0.25, -0.2) is 13.2 Å². The second kappa shape index (κ2) is 10.5. The van der Waals surface area contributed by atoms with Gasteiger partial charge in [0.15, 0.2) is 0 Å². The van der Waals surface area contributed by atoms with Gasteiger partial charge in [-0.1, -0.05) is 41.9 Å². The highest BCUT2D eigenvalue weighted by atomic mass is 35.5. The maximum atomic E-state index is 13.3. The summed E-state index contributed by atoms with van der Waals surface area (Å²) in [6.45, 7) is 3.27. The second-order valence-electron chi connectivity index (χ2n) is 7.13. The van der Waals surface area contributed by atoms with Gasteiger partial charge in [-0.3, -0.25) is 9.10 Å². The lowest BCUT2D eigenvalue weighted by molar-refractivity contribution is -0.114. The molecule has 0 spiro atoms. The van der Waals surface area contributed by atoms with E-state index in [9.17, 15) is 18.0 Å². The Hall–Kier alpha value is -3.36. The molecule has 0 aliphatic rings. The monoisotopic (exact) mass is 486 g/mol. The van der Waals surface area contributed by atoms with E-state index in [1.807, 2.05) is 13.0 Å². The third-order valence-electron chi connectivity index (χ3n) is 4.66. The van der Waals surface area contributed by atoms with Gasteiger partial charge < -0.3 is 10.1 Å². The molecule has 0 heterocycles. The van der Waals surface area contributed by atoms with Gasteiger partial charge in [0.2, 0.25) is 5.91 Å². The molecule has 9 heteroatoms. The standard InChI is InChI=1S/C24H23ClN2O5S/c1-3-32-24(29)18-12-13-22(21(25)15-18)26-23(28)16-27(19-9-7-8-17(2)14-19)33(30,31)20-10-5-4-6-11-20/h4-15H,3,16H2,1-2H3,(H,26,28). The van der Waals surface area contributed by atoms with Gasteiger partial charge in [0.25, 0.3) is 10.0 Å². The molecule has 3 rings (SSSR count). The number of carbonyl (C=O) groups is 2. The smallest absolute Gasteiger partial charge is 0.338 e. The maximum absolute atomic E-state index is 13.3. The molecule has 0 atom stereocenters. The number of carbonyl (C=O) groups excluding carboxylic acids is 2. The molecule has 7 nitrogen and oxygen atoms in total. The number of hydrogen-bond acceptors (Lipinski definition) is 5. The van der Waals surface area contributed by atoms with Gasteiger partial charge in [0.1, 0.15) is 6.54 Å². The van der Waals surface area contributed by atoms with Crippen LogP contribution in [0, 0.1) is 6.92 Å². The number of aryl methyl sites for hydroxylation is 1. The minimum absolute atomic E-state index is 0.0659. The average molecular weight is 487 g/mol. The van der Waals surface area contributed by atoms with E-state index in [4.69, 9.17) is 16.3 Å². The Kier molecular flexibility index (Phi) is 7.73. The molecule has 0 bridgehead atoms. The number of anilines is 2. The van der Waals surface area contributed by atoms with E-state index >= 15 is 0 Å². The van der Waals surface area contributed by atoms with Crippen molar-refractivity contribution in [1.82, 2.24) is 0 Å². The van der Waals surface area contributed by atoms with Crippen LogP contribution in [0.3, 0.4) is 0 Å². The Bertz CT molecular complexity index is 1260. The van der Waals surface area contributed by atoms with Crippen LogP contribution in [-0.4, -0.2) is 33.4 Å². The van der Waals surface area contributed by atoms with Crippen molar-refractivity contribution in [3.63, 3.8) is 0 Å². The predicted octanol–water partition coefficient (Wildman–Crippen LogP) is 4.66. The highest BCUT2D eigenvalue weighted by molar-refractivity contribution is 7.92. The normalized spacial score (nSPS) is 11.0. The zero-order valence-corrected chi connectivity index (χ0v) is 19.7. The summed E-state index contributed by atoms with van der Waals surface area (Å²) in [7, 11) is -4.01. The minimum Gasteiger partial charge on any atom is -0.462 e. The third-order valence-corrected chi connectivity index (χ3v) is 6.76. The van der Waals surface area contributed by atoms with Crippen LogP contribution in [0.5, 0.6) is 0 Å². The first-order valence-corrected chi connectivity index (χ1v) is 11.9. The Morgan fingerprint density at radius 1 is 1.00 bits per heavy atom. The Labute approximate surface area is 198 Å². The summed E-state index contributed by atoms with van der Waals surface area (Å²) in [5.41, 5.74) is 1.69. The van der Waals surface area contributed by atoms with Crippen molar-refractivity contribution in [3.8, 4) is 0 Å². The number of benzene rings is 3. The number of nitrogens with zero attached hydrogens (tertiary/aromatic N) is 1. The predicted molar refractivity (Wildman–Crippen MR) is 128 cm³/mol. The van der Waals surface area contributed by atoms with Crippen LogP contribution < -0.4 is 9.62 Å². The van der Waals surface area contributed by atoms with Gasteiger partial charge in [-0.15, -0.1) is 0 Å². The second-order valence-corrected chi connectivity index (χ2v) is 9.40. The molecular formula is C24H23ClN2O5S. The van der Waals surface area contributed by atoms with Gasteiger partial charge in [0, 0.05) is 0 Å². The van der Waals surface area contributed by atoms with Crippen LogP contribution in [-0.2, 0) is 19.6 Å². The van der Waals surface area contributed by atoms with Gasteiger partial charge in [-0.05, 0) is 61.9 Å². The lowest BCUT2D eigenvalue weighted by Crippen LogP contribution is -2.38. The number of sulfonamides is 1. The van der Waals surface area contributed by atoms with E-state index < -0.39 is 28.4 Å². The fourth-order valence-corrected chi connectivity index (χ4v) is 4.76. The van der Waals surface area contributed by atoms with Crippen molar-refractivity contribution in [1.29, 1.82) is 0 Å². The quantitative estimate of drug-likeness (QED) is 0.467. The topological polar surface area (TPSA) is 92.8 Å². The summed E-state index contributed by atoms with van der Waals surface area (Å²) in [5, 5.41) is 2.74. The zero-order valence-electron chi connectivity index (χ0n) is 18.1. The van der Waals surface area contributed by atoms with E-state index in [-0.39, 0.29) is 27.8 Å². The van der Waals surface area contributed by atoms with Crippen molar-refractivity contribution < 1.29 is 22.7 Å². The highest BCUT2D eigenvalue weighted by Crippen LogP contribution is 2.26. The maximum Gasteiger partial charge on any atom is 0.338 e. The van der Waals surface area contributed by atoms with Gasteiger partial charge in [-0.2, -0.15) is 0 Å². The van der Waals surface area contributed by atoms with Crippen molar-refractivity contribution in [3.05, 3.63) is 88.9 Å². The lowest BCUT2D eigenvalue weighted by atomic mass is 10.2. The summed E-state index contributed by atoms with van der Waals surface area (Å²) < 4.78 is 32.7. The van der Waals surface area contributed by atoms with Crippen LogP contribution in [0.25, 0.3) is 0 Å². The SMILES string of the molecule is CCOC(=O)c1ccc(NC(=O)CN(c2cccc(C)c2)S(=O)(=O)c2ccccc2)c(Cl)c1. The number of nitrogens with one attached hydrogen (secondary N) is 1. The Balaban J connectivity index is 1.88. The molecule has 33 heavy (non-hydrogen) atoms. The average Bonchev–Trinajstić information content (AvgIpc) is 2.79. The number of esters is 1. The fraction of sp³-hybridized carbons (Fsp3) is 0.167. The first kappa shape index (κ1) is 24.3. The summed E-state index contributed by atoms with van der Waals surface area (Å²) in [4.78, 5) is 24.8. The summed E-state index contributed by atoms with van der Waals surface area (Å²) in [6.07, 6.45) is 0. The Morgan fingerprint density at radius 2 is 1.73 bits per heavy atom. The van der Waals surface area contributed by atoms with E-state index in [0.717, 1.165) is 9.87 Å². The number of hydrogen-bond donors (Lipinski definition) is 1. The van der Waals surface area contributed by atoms with Crippen molar-refractivity contribution in [2.75, 3.05) is 22.8 Å². The number of halogens is 1. The van der Waals surface area contributed by atoms with E-state index in [0.29, 0.717) is 5.69 Å². The molecule has 172 valence electrons. The molecule has 1 N–H and O–H groups in total. The molecule has 0 saturated carbocycles. The van der Waals surface area contributed by atoms with Gasteiger partial charge in [0.05, 0.1) is 33.5 Å². The van der Waals surface area contributed by atoms with Crippen molar-refractivity contribution >= 4 is 44.9 Å². The number of rotatable bonds is 8. The molecule has 3 aromatic rings. The fourth-order valence-electron chi connectivity index (χ4n) is 3.10. The van der Waals surface area contributed by atoms with E-state index in [1.165, 1.54) is 30.3 Å². The van der Waals surface area contributed by atoms with Crippen LogP contribution >= 0.6 is 11.6 Å². The highest BCUT2D eigenvalue weighted by Gasteiger charge is 2.27. The summed E-state index contributed by atoms with van der Waals surface area (Å²) in [6, 6.07) is 19.1. The largest absolute Gasteiger partial charge is 0.462 e. The lowest BCUT2D eigenvalue weighted by Gasteiger charge is -2.24. The molecule has 0 saturated heterocycles. The molecular weight excluding hydrogens is 464 g/mol. The molecule has 0 aliphatic carbocycles. The molecule has 0 aromatic heterocycles. The van der Waals surface area contributed by atoms with Crippen molar-refractivity contribution in [2.24, 2.45) is 0 Å². The number of amides is 1. The van der Waals surface area contributed by atoms with Crippen LogP contribution in [0.2, 0.25) is 5.02 Å². The van der Waals surface area contributed by atoms with Crippen LogP contribution in [0.4, 0.5) is 11.4 Å². The molecule has 3 aromatic carbocycles. The first-order chi connectivity index (χ1) is 15.7. The van der Waals surface area contributed by atoms with E-state index in [2.05, 4.69) is 5.32 Å². The van der Waals surface area contributed by atoms with Crippen LogP contribution in [0.1, 0.15) is 22.8 Å². The first-order valence-electron chi connectivity index (χ1n) is 10.1. The molecule has 0 radical (unpaired) electrons. The zero-order chi connectivity index (χ0) is 24.0. The summed E-state index contributed by atoms with van der Waals surface area (Å²) in [5.74, 6) is -1.13. The van der Waals surface area contributed by atoms with Crippen molar-refractivity contribution in [2.45, 2.75) is 18.7 Å². The molecule has 0 unspecified atom stereocenters. The third kappa shape index (κ3) is 5.91. The minimum atomic E-state index is -4.01. The summed E-state index contributed by atoms with van der Waals surface area (Å²) >= 11 is 6.22.